The molecule has 0 fully saturated rings. The maximum Gasteiger partial charge on any atom is 0.225 e. The molecule has 0 spiro atoms. The predicted molar refractivity (Wildman–Crippen MR) is 49.6 cm³/mol. The van der Waals surface area contributed by atoms with Gasteiger partial charge in [-0.15, -0.1) is 0 Å². The monoisotopic (exact) mass is 175 g/mol. The van der Waals surface area contributed by atoms with E-state index < -0.39 is 5.91 Å². The van der Waals surface area contributed by atoms with Crippen molar-refractivity contribution >= 4 is 0 Å². The van der Waals surface area contributed by atoms with Crippen molar-refractivity contribution in [2.75, 3.05) is 0 Å². The van der Waals surface area contributed by atoms with Crippen LogP contribution < -0.4 is 0 Å². The van der Waals surface area contributed by atoms with Crippen LogP contribution in [0.1, 0.15) is 41.0 Å². The summed E-state index contributed by atoms with van der Waals surface area (Å²) in [5.41, 5.74) is 0. The first kappa shape index (κ1) is 11.9. The van der Waals surface area contributed by atoms with Gasteiger partial charge in [0, 0.05) is 18.5 Å². The molecule has 0 aliphatic carbocycles. The second-order valence-electron chi connectivity index (χ2n) is 3.72. The molecule has 0 aromatic rings. The Bertz CT molecular complexity index is 124. The van der Waals surface area contributed by atoms with Crippen LogP contribution in [0, 0.1) is 0 Å². The van der Waals surface area contributed by atoms with Gasteiger partial charge >= 0.3 is 0 Å². The van der Waals surface area contributed by atoms with E-state index in [-0.39, 0.29) is 12.1 Å². The fourth-order valence-corrected chi connectivity index (χ4v) is 1.61. The van der Waals surface area contributed by atoms with Crippen LogP contribution in [0.15, 0.2) is 0 Å². The molecular formula is C9H21NO2. The highest BCUT2D eigenvalue weighted by molar-refractivity contribution is 4.74. The summed E-state index contributed by atoms with van der Waals surface area (Å²) in [5, 5.41) is 19.2. The zero-order valence-corrected chi connectivity index (χ0v) is 8.70. The van der Waals surface area contributed by atoms with E-state index in [4.69, 9.17) is 0 Å². The van der Waals surface area contributed by atoms with Crippen LogP contribution in [0.3, 0.4) is 0 Å². The largest absolute Gasteiger partial charge is 0.353 e. The highest BCUT2D eigenvalue weighted by Gasteiger charge is 2.33. The van der Waals surface area contributed by atoms with E-state index in [1.54, 1.807) is 11.8 Å². The lowest BCUT2D eigenvalue weighted by Crippen LogP contribution is -2.55. The van der Waals surface area contributed by atoms with Crippen LogP contribution in [-0.2, 0) is 0 Å². The standard InChI is InChI=1S/C9H21NO2/c1-6-9(11,12)10(7(2)3)8(4)5/h7-8,11-12H,6H2,1-5H3. The van der Waals surface area contributed by atoms with Crippen molar-refractivity contribution in [1.29, 1.82) is 0 Å². The summed E-state index contributed by atoms with van der Waals surface area (Å²) < 4.78 is 0. The first-order valence-corrected chi connectivity index (χ1v) is 4.56. The van der Waals surface area contributed by atoms with Crippen molar-refractivity contribution in [3.8, 4) is 0 Å². The number of hydrogen-bond donors (Lipinski definition) is 2. The van der Waals surface area contributed by atoms with E-state index >= 15 is 0 Å². The molecule has 0 saturated heterocycles. The third kappa shape index (κ3) is 2.73. The molecular weight excluding hydrogens is 154 g/mol. The van der Waals surface area contributed by atoms with E-state index in [2.05, 4.69) is 0 Å². The molecule has 0 saturated carbocycles. The van der Waals surface area contributed by atoms with Gasteiger partial charge in [0.15, 0.2) is 0 Å². The Morgan fingerprint density at radius 3 is 1.50 bits per heavy atom. The molecule has 0 atom stereocenters. The molecule has 0 amide bonds. The van der Waals surface area contributed by atoms with Gasteiger partial charge < -0.3 is 10.2 Å². The van der Waals surface area contributed by atoms with Gasteiger partial charge in [0.25, 0.3) is 0 Å². The molecule has 0 heterocycles. The highest BCUT2D eigenvalue weighted by Crippen LogP contribution is 2.19. The molecule has 0 unspecified atom stereocenters. The Kier molecular flexibility index (Phi) is 4.17. The molecule has 0 radical (unpaired) electrons. The Morgan fingerprint density at radius 2 is 1.42 bits per heavy atom. The van der Waals surface area contributed by atoms with Crippen LogP contribution >= 0.6 is 0 Å². The zero-order valence-electron chi connectivity index (χ0n) is 8.70. The van der Waals surface area contributed by atoms with Gasteiger partial charge in [0.05, 0.1) is 0 Å². The summed E-state index contributed by atoms with van der Waals surface area (Å²) in [5.74, 6) is -1.66. The van der Waals surface area contributed by atoms with Crippen molar-refractivity contribution < 1.29 is 10.2 Å². The molecule has 0 aliphatic rings. The maximum absolute atomic E-state index is 9.61. The van der Waals surface area contributed by atoms with Gasteiger partial charge in [-0.2, -0.15) is 0 Å². The lowest BCUT2D eigenvalue weighted by atomic mass is 10.2. The molecule has 3 heteroatoms. The Morgan fingerprint density at radius 1 is 1.08 bits per heavy atom. The lowest BCUT2D eigenvalue weighted by Gasteiger charge is -2.40. The van der Waals surface area contributed by atoms with Crippen LogP contribution in [0.2, 0.25) is 0 Å². The lowest BCUT2D eigenvalue weighted by molar-refractivity contribution is -0.282. The topological polar surface area (TPSA) is 43.7 Å². The summed E-state index contributed by atoms with van der Waals surface area (Å²) in [4.78, 5) is 1.69. The number of aliphatic hydroxyl groups is 2. The van der Waals surface area contributed by atoms with E-state index in [1.165, 1.54) is 0 Å². The van der Waals surface area contributed by atoms with Gasteiger partial charge in [-0.25, -0.2) is 4.90 Å². The number of hydrogen-bond acceptors (Lipinski definition) is 3. The third-order valence-electron chi connectivity index (χ3n) is 2.00. The van der Waals surface area contributed by atoms with Crippen molar-refractivity contribution in [3.05, 3.63) is 0 Å². The minimum atomic E-state index is -1.66. The van der Waals surface area contributed by atoms with Crippen molar-refractivity contribution in [2.24, 2.45) is 0 Å². The molecule has 3 nitrogen and oxygen atoms in total. The highest BCUT2D eigenvalue weighted by atomic mass is 16.5. The molecule has 0 aromatic heterocycles. The molecule has 0 bridgehead atoms. The van der Waals surface area contributed by atoms with Gasteiger partial charge in [-0.3, -0.25) is 0 Å². The van der Waals surface area contributed by atoms with Crippen LogP contribution in [0.5, 0.6) is 0 Å². The smallest absolute Gasteiger partial charge is 0.225 e. The summed E-state index contributed by atoms with van der Waals surface area (Å²) in [6.07, 6.45) is 0.323. The van der Waals surface area contributed by atoms with E-state index in [0.717, 1.165) is 0 Å². The first-order valence-electron chi connectivity index (χ1n) is 4.56. The molecule has 0 rings (SSSR count). The summed E-state index contributed by atoms with van der Waals surface area (Å²) in [7, 11) is 0. The average molecular weight is 175 g/mol. The summed E-state index contributed by atoms with van der Waals surface area (Å²) >= 11 is 0. The number of rotatable bonds is 4. The fraction of sp³-hybridized carbons (Fsp3) is 1.00. The summed E-state index contributed by atoms with van der Waals surface area (Å²) in [6, 6.07) is 0.278. The van der Waals surface area contributed by atoms with Crippen molar-refractivity contribution in [2.45, 2.75) is 59.0 Å². The third-order valence-corrected chi connectivity index (χ3v) is 2.00. The zero-order chi connectivity index (χ0) is 9.94. The molecule has 2 N–H and O–H groups in total. The van der Waals surface area contributed by atoms with Crippen molar-refractivity contribution in [3.63, 3.8) is 0 Å². The van der Waals surface area contributed by atoms with E-state index in [1.807, 2.05) is 27.7 Å². The van der Waals surface area contributed by atoms with Gasteiger partial charge in [-0.1, -0.05) is 6.92 Å². The SMILES string of the molecule is CCC(O)(O)N(C(C)C)C(C)C. The number of nitrogens with zero attached hydrogens (tertiary/aromatic N) is 1. The van der Waals surface area contributed by atoms with Gasteiger partial charge in [-0.05, 0) is 27.7 Å². The van der Waals surface area contributed by atoms with Crippen LogP contribution in [0.4, 0.5) is 0 Å². The maximum atomic E-state index is 9.61. The Hall–Kier alpha value is -0.120. The normalized spacial score (nSPS) is 13.5. The molecule has 0 aliphatic heterocycles. The Labute approximate surface area is 75.0 Å². The van der Waals surface area contributed by atoms with Crippen LogP contribution in [0.25, 0.3) is 0 Å². The van der Waals surface area contributed by atoms with Gasteiger partial charge in [0.1, 0.15) is 0 Å². The van der Waals surface area contributed by atoms with E-state index in [0.29, 0.717) is 6.42 Å². The average Bonchev–Trinajstić information content (AvgIpc) is 1.84. The molecule has 12 heavy (non-hydrogen) atoms. The quantitative estimate of drug-likeness (QED) is 0.630. The van der Waals surface area contributed by atoms with Gasteiger partial charge in [0.2, 0.25) is 5.91 Å². The minimum Gasteiger partial charge on any atom is -0.353 e. The van der Waals surface area contributed by atoms with Crippen LogP contribution in [-0.4, -0.2) is 33.1 Å². The second-order valence-corrected chi connectivity index (χ2v) is 3.72. The van der Waals surface area contributed by atoms with E-state index in [9.17, 15) is 10.2 Å². The van der Waals surface area contributed by atoms with Crippen molar-refractivity contribution in [1.82, 2.24) is 4.90 Å². The first-order chi connectivity index (χ1) is 5.33. The second kappa shape index (κ2) is 4.21. The predicted octanol–water partition coefficient (Wildman–Crippen LogP) is 1.15. The molecule has 74 valence electrons. The fourth-order valence-electron chi connectivity index (χ4n) is 1.61. The Balaban J connectivity index is 4.50. The molecule has 0 aromatic carbocycles. The minimum absolute atomic E-state index is 0.139. The summed E-state index contributed by atoms with van der Waals surface area (Å²) in [6.45, 7) is 9.58.